The zero-order chi connectivity index (χ0) is 24.1. The van der Waals surface area contributed by atoms with Crippen molar-refractivity contribution >= 4 is 35.3 Å². The van der Waals surface area contributed by atoms with Crippen molar-refractivity contribution in [1.82, 2.24) is 5.06 Å². The summed E-state index contributed by atoms with van der Waals surface area (Å²) in [6.07, 6.45) is -0.254. The number of carbonyl (C=O) groups is 2. The molecule has 7 nitrogen and oxygen atoms in total. The van der Waals surface area contributed by atoms with Crippen LogP contribution < -0.4 is 4.74 Å². The van der Waals surface area contributed by atoms with Crippen LogP contribution in [0.2, 0.25) is 10.0 Å². The number of carboxylic acids is 1. The van der Waals surface area contributed by atoms with Crippen molar-refractivity contribution in [2.24, 2.45) is 0 Å². The highest BCUT2D eigenvalue weighted by atomic mass is 35.5. The maximum atomic E-state index is 12.6. The van der Waals surface area contributed by atoms with Crippen LogP contribution in [0.3, 0.4) is 0 Å². The highest BCUT2D eigenvalue weighted by Crippen LogP contribution is 2.40. The molecule has 0 fully saturated rings. The molecule has 176 valence electrons. The molecule has 1 N–H and O–H groups in total. The van der Waals surface area contributed by atoms with E-state index in [0.29, 0.717) is 39.9 Å². The molecule has 3 aromatic rings. The number of hydrogen-bond donors (Lipinski definition) is 1. The second-order valence-electron chi connectivity index (χ2n) is 7.58. The molecular formula is C25H21Cl2NO6. The average molecular weight is 502 g/mol. The van der Waals surface area contributed by atoms with Gasteiger partial charge >= 0.3 is 12.1 Å². The third-order valence-electron chi connectivity index (χ3n) is 5.35. The van der Waals surface area contributed by atoms with E-state index < -0.39 is 24.8 Å². The van der Waals surface area contributed by atoms with Gasteiger partial charge in [-0.15, -0.1) is 5.06 Å². The zero-order valence-electron chi connectivity index (χ0n) is 17.9. The Morgan fingerprint density at radius 1 is 1.00 bits per heavy atom. The van der Waals surface area contributed by atoms with Crippen molar-refractivity contribution in [2.75, 3.05) is 13.2 Å². The summed E-state index contributed by atoms with van der Waals surface area (Å²) in [4.78, 5) is 29.3. The normalized spacial score (nSPS) is 15.3. The maximum Gasteiger partial charge on any atom is 0.528 e. The van der Waals surface area contributed by atoms with Crippen LogP contribution in [0.25, 0.3) is 0 Å². The Morgan fingerprint density at radius 3 is 2.56 bits per heavy atom. The smallest absolute Gasteiger partial charge is 0.482 e. The van der Waals surface area contributed by atoms with Gasteiger partial charge in [0, 0.05) is 27.7 Å². The number of carbonyl (C=O) groups excluding carboxylic acids is 1. The zero-order valence-corrected chi connectivity index (χ0v) is 19.5. The van der Waals surface area contributed by atoms with Gasteiger partial charge in [-0.25, -0.2) is 9.59 Å². The van der Waals surface area contributed by atoms with Crippen molar-refractivity contribution in [3.63, 3.8) is 0 Å². The quantitative estimate of drug-likeness (QED) is 0.417. The standard InChI is InChI=1S/C25H21Cl2NO6/c26-18-9-10-22(32-15-23(29)30)20(13-18)24-19-7-3-1-5-16(19)11-12-28(24)34-25(31)33-14-17-6-2-4-8-21(17)27/h1-10,13,24H,11-12,14-15H2,(H,29,30). The minimum Gasteiger partial charge on any atom is -0.482 e. The molecule has 0 aromatic heterocycles. The minimum absolute atomic E-state index is 0.0439. The summed E-state index contributed by atoms with van der Waals surface area (Å²) in [5.41, 5.74) is 3.18. The highest BCUT2D eigenvalue weighted by Gasteiger charge is 2.34. The Kier molecular flexibility index (Phi) is 7.57. The average Bonchev–Trinajstić information content (AvgIpc) is 2.82. The predicted molar refractivity (Wildman–Crippen MR) is 126 cm³/mol. The molecule has 0 bridgehead atoms. The van der Waals surface area contributed by atoms with Gasteiger partial charge in [-0.2, -0.15) is 0 Å². The molecule has 0 saturated carbocycles. The van der Waals surface area contributed by atoms with Crippen LogP contribution in [0.1, 0.15) is 28.3 Å². The van der Waals surface area contributed by atoms with Crippen LogP contribution in [0, 0.1) is 0 Å². The molecule has 0 radical (unpaired) electrons. The fraction of sp³-hybridized carbons (Fsp3) is 0.200. The van der Waals surface area contributed by atoms with E-state index >= 15 is 0 Å². The van der Waals surface area contributed by atoms with E-state index in [1.165, 1.54) is 5.06 Å². The molecule has 1 aliphatic heterocycles. The molecule has 0 aliphatic carbocycles. The second kappa shape index (κ2) is 10.8. The van der Waals surface area contributed by atoms with Crippen LogP contribution in [-0.2, 0) is 27.4 Å². The largest absolute Gasteiger partial charge is 0.528 e. The van der Waals surface area contributed by atoms with Gasteiger partial charge < -0.3 is 19.4 Å². The fourth-order valence-electron chi connectivity index (χ4n) is 3.84. The van der Waals surface area contributed by atoms with E-state index in [2.05, 4.69) is 0 Å². The lowest BCUT2D eigenvalue weighted by Gasteiger charge is -2.36. The Bertz CT molecular complexity index is 1200. The van der Waals surface area contributed by atoms with Gasteiger partial charge in [-0.05, 0) is 41.8 Å². The molecule has 0 amide bonds. The topological polar surface area (TPSA) is 85.3 Å². The lowest BCUT2D eigenvalue weighted by Crippen LogP contribution is -2.38. The van der Waals surface area contributed by atoms with Crippen LogP contribution in [0.5, 0.6) is 5.75 Å². The monoisotopic (exact) mass is 501 g/mol. The van der Waals surface area contributed by atoms with E-state index in [4.69, 9.17) is 42.6 Å². The molecular weight excluding hydrogens is 481 g/mol. The molecule has 1 aliphatic rings. The van der Waals surface area contributed by atoms with Gasteiger partial charge in [0.1, 0.15) is 12.4 Å². The Morgan fingerprint density at radius 2 is 1.76 bits per heavy atom. The first-order chi connectivity index (χ1) is 16.4. The Balaban J connectivity index is 1.61. The summed E-state index contributed by atoms with van der Waals surface area (Å²) in [6.45, 7) is -0.185. The van der Waals surface area contributed by atoms with Crippen molar-refractivity contribution in [3.8, 4) is 5.75 Å². The molecule has 1 atom stereocenters. The van der Waals surface area contributed by atoms with E-state index in [9.17, 15) is 9.59 Å². The van der Waals surface area contributed by atoms with Gasteiger partial charge in [0.25, 0.3) is 0 Å². The molecule has 0 saturated heterocycles. The molecule has 9 heteroatoms. The van der Waals surface area contributed by atoms with Gasteiger partial charge in [-0.1, -0.05) is 65.7 Å². The van der Waals surface area contributed by atoms with Crippen molar-refractivity contribution in [2.45, 2.75) is 19.1 Å². The predicted octanol–water partition coefficient (Wildman–Crippen LogP) is 5.67. The summed E-state index contributed by atoms with van der Waals surface area (Å²) in [5, 5.41) is 11.5. The van der Waals surface area contributed by atoms with Crippen LogP contribution in [0.15, 0.2) is 66.7 Å². The first kappa shape index (κ1) is 23.9. The van der Waals surface area contributed by atoms with E-state index in [1.54, 1.807) is 42.5 Å². The number of benzene rings is 3. The number of rotatable bonds is 7. The van der Waals surface area contributed by atoms with Crippen LogP contribution in [-0.4, -0.2) is 35.4 Å². The maximum absolute atomic E-state index is 12.6. The summed E-state index contributed by atoms with van der Waals surface area (Å²) in [7, 11) is 0. The highest BCUT2D eigenvalue weighted by molar-refractivity contribution is 6.31. The number of nitrogens with zero attached hydrogens (tertiary/aromatic N) is 1. The second-order valence-corrected chi connectivity index (χ2v) is 8.42. The molecule has 1 unspecified atom stereocenters. The molecule has 34 heavy (non-hydrogen) atoms. The molecule has 3 aromatic carbocycles. The van der Waals surface area contributed by atoms with Gasteiger partial charge in [-0.3, -0.25) is 0 Å². The van der Waals surface area contributed by atoms with Gasteiger partial charge in [0.2, 0.25) is 0 Å². The van der Waals surface area contributed by atoms with Crippen LogP contribution in [0.4, 0.5) is 4.79 Å². The number of aliphatic carboxylic acids is 1. The Labute approximate surface area is 206 Å². The minimum atomic E-state index is -1.11. The van der Waals surface area contributed by atoms with Crippen LogP contribution >= 0.6 is 23.2 Å². The SMILES string of the molecule is O=C(O)COc1ccc(Cl)cc1C1c2ccccc2CCN1OC(=O)OCc1ccccc1Cl. The third kappa shape index (κ3) is 5.62. The van der Waals surface area contributed by atoms with Crippen molar-refractivity contribution in [1.29, 1.82) is 0 Å². The van der Waals surface area contributed by atoms with Crippen molar-refractivity contribution in [3.05, 3.63) is 99.0 Å². The number of hydrogen-bond acceptors (Lipinski definition) is 6. The summed E-state index contributed by atoms with van der Waals surface area (Å²) < 4.78 is 10.8. The number of hydroxylamine groups is 2. The molecule has 0 spiro atoms. The summed E-state index contributed by atoms with van der Waals surface area (Å²) in [5.74, 6) is -0.785. The van der Waals surface area contributed by atoms with E-state index in [-0.39, 0.29) is 6.61 Å². The van der Waals surface area contributed by atoms with E-state index in [0.717, 1.165) is 11.1 Å². The number of fused-ring (bicyclic) bond motifs is 1. The number of ether oxygens (including phenoxy) is 2. The lowest BCUT2D eigenvalue weighted by molar-refractivity contribution is -0.152. The summed E-state index contributed by atoms with van der Waals surface area (Å²) >= 11 is 12.4. The molecule has 1 heterocycles. The number of carboxylic acid groups (broad SMARTS) is 1. The van der Waals surface area contributed by atoms with E-state index in [1.807, 2.05) is 24.3 Å². The summed E-state index contributed by atoms with van der Waals surface area (Å²) in [6, 6.07) is 19.1. The van der Waals surface area contributed by atoms with Gasteiger partial charge in [0.05, 0.1) is 6.04 Å². The molecule has 4 rings (SSSR count). The van der Waals surface area contributed by atoms with Gasteiger partial charge in [0.15, 0.2) is 6.61 Å². The Hall–Kier alpha value is -3.26. The first-order valence-electron chi connectivity index (χ1n) is 10.5. The fourth-order valence-corrected chi connectivity index (χ4v) is 4.21. The third-order valence-corrected chi connectivity index (χ3v) is 5.96. The lowest BCUT2D eigenvalue weighted by atomic mass is 9.89. The first-order valence-corrected chi connectivity index (χ1v) is 11.2. The number of halogens is 2. The van der Waals surface area contributed by atoms with Crippen molar-refractivity contribution < 1.29 is 29.0 Å².